The molecule has 3 aromatic rings. The number of para-hydroxylation sites is 1. The van der Waals surface area contributed by atoms with Crippen molar-refractivity contribution in [3.63, 3.8) is 0 Å². The van der Waals surface area contributed by atoms with Crippen LogP contribution in [0.2, 0.25) is 0 Å². The van der Waals surface area contributed by atoms with Crippen molar-refractivity contribution in [2.75, 3.05) is 11.9 Å². The molecular formula is C24H21FN2O5. The average Bonchev–Trinajstić information content (AvgIpc) is 2.79. The summed E-state index contributed by atoms with van der Waals surface area (Å²) in [6.45, 7) is 2.03. The molecule has 3 rings (SSSR count). The van der Waals surface area contributed by atoms with E-state index >= 15 is 0 Å². The van der Waals surface area contributed by atoms with Gasteiger partial charge in [-0.3, -0.25) is 9.59 Å². The Balaban J connectivity index is 1.61. The standard InChI is InChI=1S/C24H21FN2O5/c1-2-31-24(30)32-20-13-9-16(10-14-20)22(28)26-15-18-5-3-4-6-21(18)27-23(29)17-7-11-19(25)12-8-17/h3-14H,2,15H2,1H3,(H,26,28)(H,27,29). The van der Waals surface area contributed by atoms with Crippen molar-refractivity contribution in [1.82, 2.24) is 5.32 Å². The predicted molar refractivity (Wildman–Crippen MR) is 116 cm³/mol. The maximum atomic E-state index is 13.1. The van der Waals surface area contributed by atoms with Crippen LogP contribution in [0.4, 0.5) is 14.9 Å². The molecule has 0 aromatic heterocycles. The number of ether oxygens (including phenoxy) is 2. The molecule has 0 radical (unpaired) electrons. The highest BCUT2D eigenvalue weighted by molar-refractivity contribution is 6.04. The Bertz CT molecular complexity index is 1100. The molecule has 0 aliphatic heterocycles. The van der Waals surface area contributed by atoms with Crippen molar-refractivity contribution >= 4 is 23.7 Å². The smallest absolute Gasteiger partial charge is 0.434 e. The molecule has 32 heavy (non-hydrogen) atoms. The summed E-state index contributed by atoms with van der Waals surface area (Å²) in [6, 6.07) is 18.3. The van der Waals surface area contributed by atoms with Gasteiger partial charge in [-0.2, -0.15) is 0 Å². The van der Waals surface area contributed by atoms with Gasteiger partial charge < -0.3 is 20.1 Å². The first kappa shape index (κ1) is 22.5. The van der Waals surface area contributed by atoms with Crippen LogP contribution in [0.3, 0.4) is 0 Å². The van der Waals surface area contributed by atoms with Crippen molar-refractivity contribution < 1.29 is 28.2 Å². The lowest BCUT2D eigenvalue weighted by molar-refractivity contribution is 0.0950. The van der Waals surface area contributed by atoms with E-state index < -0.39 is 12.0 Å². The van der Waals surface area contributed by atoms with E-state index in [9.17, 15) is 18.8 Å². The molecule has 0 saturated carbocycles. The summed E-state index contributed by atoms with van der Waals surface area (Å²) >= 11 is 0. The molecule has 0 atom stereocenters. The van der Waals surface area contributed by atoms with Gasteiger partial charge in [0.1, 0.15) is 11.6 Å². The van der Waals surface area contributed by atoms with Crippen LogP contribution in [0.25, 0.3) is 0 Å². The maximum absolute atomic E-state index is 13.1. The summed E-state index contributed by atoms with van der Waals surface area (Å²) in [5.74, 6) is -0.896. The van der Waals surface area contributed by atoms with Gasteiger partial charge in [0.15, 0.2) is 0 Å². The van der Waals surface area contributed by atoms with E-state index in [1.54, 1.807) is 31.2 Å². The van der Waals surface area contributed by atoms with Gasteiger partial charge in [0.05, 0.1) is 6.61 Å². The van der Waals surface area contributed by atoms with Gasteiger partial charge in [0.2, 0.25) is 0 Å². The van der Waals surface area contributed by atoms with Gasteiger partial charge in [-0.1, -0.05) is 18.2 Å². The van der Waals surface area contributed by atoms with Gasteiger partial charge >= 0.3 is 6.16 Å². The van der Waals surface area contributed by atoms with Crippen LogP contribution in [0, 0.1) is 5.82 Å². The van der Waals surface area contributed by atoms with E-state index in [1.807, 2.05) is 0 Å². The van der Waals surface area contributed by atoms with E-state index in [1.165, 1.54) is 48.5 Å². The molecule has 2 amide bonds. The summed E-state index contributed by atoms with van der Waals surface area (Å²) in [5.41, 5.74) is 1.91. The number of benzene rings is 3. The minimum atomic E-state index is -0.816. The lowest BCUT2D eigenvalue weighted by atomic mass is 10.1. The van der Waals surface area contributed by atoms with E-state index in [0.717, 1.165) is 0 Å². The topological polar surface area (TPSA) is 93.7 Å². The first-order valence-electron chi connectivity index (χ1n) is 9.84. The Labute approximate surface area is 184 Å². The minimum Gasteiger partial charge on any atom is -0.434 e. The molecular weight excluding hydrogens is 415 g/mol. The van der Waals surface area contributed by atoms with Crippen molar-refractivity contribution in [3.05, 3.63) is 95.3 Å². The molecule has 7 nitrogen and oxygen atoms in total. The first-order chi connectivity index (χ1) is 15.5. The molecule has 0 saturated heterocycles. The third-order valence-electron chi connectivity index (χ3n) is 4.39. The van der Waals surface area contributed by atoms with Crippen LogP contribution < -0.4 is 15.4 Å². The van der Waals surface area contributed by atoms with E-state index in [2.05, 4.69) is 10.6 Å². The highest BCUT2D eigenvalue weighted by atomic mass is 19.1. The van der Waals surface area contributed by atoms with Gasteiger partial charge in [-0.15, -0.1) is 0 Å². The number of carbonyl (C=O) groups excluding carboxylic acids is 3. The van der Waals surface area contributed by atoms with E-state index in [0.29, 0.717) is 22.4 Å². The summed E-state index contributed by atoms with van der Waals surface area (Å²) in [6.07, 6.45) is -0.816. The van der Waals surface area contributed by atoms with Crippen molar-refractivity contribution in [1.29, 1.82) is 0 Å². The monoisotopic (exact) mass is 436 g/mol. The molecule has 0 aliphatic carbocycles. The Kier molecular flexibility index (Phi) is 7.53. The highest BCUT2D eigenvalue weighted by Gasteiger charge is 2.12. The van der Waals surface area contributed by atoms with E-state index in [-0.39, 0.29) is 30.7 Å². The van der Waals surface area contributed by atoms with Crippen molar-refractivity contribution in [2.45, 2.75) is 13.5 Å². The van der Waals surface area contributed by atoms with Crippen LogP contribution in [-0.2, 0) is 11.3 Å². The van der Waals surface area contributed by atoms with Crippen molar-refractivity contribution in [2.24, 2.45) is 0 Å². The quantitative estimate of drug-likeness (QED) is 0.419. The Hall–Kier alpha value is -4.20. The van der Waals surface area contributed by atoms with Crippen LogP contribution in [0.15, 0.2) is 72.8 Å². The SMILES string of the molecule is CCOC(=O)Oc1ccc(C(=O)NCc2ccccc2NC(=O)c2ccc(F)cc2)cc1. The molecule has 0 fully saturated rings. The van der Waals surface area contributed by atoms with Crippen molar-refractivity contribution in [3.8, 4) is 5.75 Å². The van der Waals surface area contributed by atoms with Crippen LogP contribution >= 0.6 is 0 Å². The fraction of sp³-hybridized carbons (Fsp3) is 0.125. The van der Waals surface area contributed by atoms with Crippen LogP contribution in [0.1, 0.15) is 33.2 Å². The summed E-state index contributed by atoms with van der Waals surface area (Å²) in [4.78, 5) is 36.2. The molecule has 0 unspecified atom stereocenters. The Morgan fingerprint density at radius 1 is 0.844 bits per heavy atom. The van der Waals surface area contributed by atoms with Gasteiger partial charge in [0.25, 0.3) is 11.8 Å². The number of hydrogen-bond acceptors (Lipinski definition) is 5. The molecule has 3 aromatic carbocycles. The number of rotatable bonds is 7. The molecule has 0 heterocycles. The average molecular weight is 436 g/mol. The van der Waals surface area contributed by atoms with Crippen LogP contribution in [-0.4, -0.2) is 24.6 Å². The molecule has 164 valence electrons. The zero-order valence-corrected chi connectivity index (χ0v) is 17.3. The fourth-order valence-electron chi connectivity index (χ4n) is 2.79. The Morgan fingerprint density at radius 2 is 1.47 bits per heavy atom. The molecule has 8 heteroatoms. The highest BCUT2D eigenvalue weighted by Crippen LogP contribution is 2.17. The minimum absolute atomic E-state index is 0.166. The lowest BCUT2D eigenvalue weighted by Crippen LogP contribution is -2.24. The lowest BCUT2D eigenvalue weighted by Gasteiger charge is -2.12. The summed E-state index contributed by atoms with van der Waals surface area (Å²) in [7, 11) is 0. The predicted octanol–water partition coefficient (Wildman–Crippen LogP) is 4.54. The second-order valence-corrected chi connectivity index (χ2v) is 6.61. The normalized spacial score (nSPS) is 10.2. The number of carbonyl (C=O) groups is 3. The number of halogens is 1. The third kappa shape index (κ3) is 6.15. The molecule has 0 aliphatic rings. The molecule has 2 N–H and O–H groups in total. The van der Waals surface area contributed by atoms with Gasteiger partial charge in [-0.05, 0) is 67.1 Å². The molecule has 0 bridgehead atoms. The van der Waals surface area contributed by atoms with Crippen LogP contribution in [0.5, 0.6) is 5.75 Å². The number of amides is 2. The zero-order valence-electron chi connectivity index (χ0n) is 17.3. The summed E-state index contributed by atoms with van der Waals surface area (Å²) in [5, 5.41) is 5.56. The second-order valence-electron chi connectivity index (χ2n) is 6.61. The third-order valence-corrected chi connectivity index (χ3v) is 4.39. The fourth-order valence-corrected chi connectivity index (χ4v) is 2.79. The Morgan fingerprint density at radius 3 is 2.16 bits per heavy atom. The second kappa shape index (κ2) is 10.7. The summed E-state index contributed by atoms with van der Waals surface area (Å²) < 4.78 is 22.7. The number of hydrogen-bond donors (Lipinski definition) is 2. The van der Waals surface area contributed by atoms with Gasteiger partial charge in [-0.25, -0.2) is 9.18 Å². The van der Waals surface area contributed by atoms with E-state index in [4.69, 9.17) is 9.47 Å². The number of anilines is 1. The van der Waals surface area contributed by atoms with Gasteiger partial charge in [0, 0.05) is 23.4 Å². The largest absolute Gasteiger partial charge is 0.513 e. The maximum Gasteiger partial charge on any atom is 0.513 e. The molecule has 0 spiro atoms. The number of nitrogens with one attached hydrogen (secondary N) is 2. The first-order valence-corrected chi connectivity index (χ1v) is 9.84. The zero-order chi connectivity index (χ0) is 22.9.